The number of fused-ring (bicyclic) bond motifs is 5. The lowest BCUT2D eigenvalue weighted by Crippen LogP contribution is -2.47. The van der Waals surface area contributed by atoms with E-state index in [1.165, 1.54) is 29.8 Å². The fourth-order valence-electron chi connectivity index (χ4n) is 6.71. The molecule has 0 amide bonds. The Morgan fingerprint density at radius 3 is 2.50 bits per heavy atom. The molecule has 8 nitrogen and oxygen atoms in total. The number of aromatic hydroxyl groups is 1. The van der Waals surface area contributed by atoms with Crippen molar-refractivity contribution >= 4 is 16.0 Å². The van der Waals surface area contributed by atoms with Crippen LogP contribution in [0.2, 0.25) is 0 Å². The third-order valence-corrected chi connectivity index (χ3v) is 9.29. The maximum absolute atomic E-state index is 13.0. The normalized spacial score (nSPS) is 34.6. The third kappa shape index (κ3) is 3.62. The molecule has 2 fully saturated rings. The van der Waals surface area contributed by atoms with Crippen LogP contribution in [0.15, 0.2) is 47.4 Å². The zero-order valence-corrected chi connectivity index (χ0v) is 19.6. The summed E-state index contributed by atoms with van der Waals surface area (Å²) in [6.45, 7) is 1.96. The second-order valence-corrected chi connectivity index (χ2v) is 11.7. The molecule has 7 atom stereocenters. The summed E-state index contributed by atoms with van der Waals surface area (Å²) in [5, 5.41) is 37.0. The van der Waals surface area contributed by atoms with Crippen LogP contribution in [0, 0.1) is 17.3 Å². The Hall–Kier alpha value is -2.46. The molecule has 34 heavy (non-hydrogen) atoms. The van der Waals surface area contributed by atoms with Crippen molar-refractivity contribution in [1.29, 1.82) is 0 Å². The molecule has 9 heteroatoms. The zero-order chi connectivity index (χ0) is 24.4. The van der Waals surface area contributed by atoms with E-state index < -0.39 is 39.7 Å². The van der Waals surface area contributed by atoms with Crippen LogP contribution >= 0.6 is 0 Å². The molecule has 0 radical (unpaired) electrons. The van der Waals surface area contributed by atoms with Gasteiger partial charge >= 0.3 is 5.97 Å². The Balaban J connectivity index is 1.44. The van der Waals surface area contributed by atoms with Crippen molar-refractivity contribution in [1.82, 2.24) is 0 Å². The van der Waals surface area contributed by atoms with Crippen molar-refractivity contribution in [2.45, 2.75) is 61.7 Å². The molecule has 5 N–H and O–H groups in total. The van der Waals surface area contributed by atoms with Crippen molar-refractivity contribution in [3.8, 4) is 5.75 Å². The first-order valence-electron chi connectivity index (χ1n) is 11.5. The molecule has 3 aliphatic rings. The number of primary sulfonamides is 1. The number of aliphatic hydroxyl groups is 2. The molecule has 0 aromatic heterocycles. The maximum Gasteiger partial charge on any atom is 0.338 e. The number of rotatable bonds is 3. The first kappa shape index (κ1) is 23.3. The van der Waals surface area contributed by atoms with Gasteiger partial charge in [-0.15, -0.1) is 0 Å². The van der Waals surface area contributed by atoms with Gasteiger partial charge in [-0.05, 0) is 85.0 Å². The highest BCUT2D eigenvalue weighted by molar-refractivity contribution is 7.89. The van der Waals surface area contributed by atoms with Gasteiger partial charge in [0.05, 0.1) is 16.6 Å². The number of aliphatic hydroxyl groups excluding tert-OH is 2. The number of ether oxygens (including phenoxy) is 1. The Kier molecular flexibility index (Phi) is 5.51. The first-order valence-corrected chi connectivity index (χ1v) is 13.1. The lowest BCUT2D eigenvalue weighted by atomic mass is 9.55. The smallest absolute Gasteiger partial charge is 0.338 e. The number of hydrogen-bond donors (Lipinski definition) is 4. The van der Waals surface area contributed by atoms with Crippen LogP contribution in [-0.4, -0.2) is 48.0 Å². The van der Waals surface area contributed by atoms with E-state index in [-0.39, 0.29) is 34.0 Å². The summed E-state index contributed by atoms with van der Waals surface area (Å²) in [6.07, 6.45) is -0.0533. The van der Waals surface area contributed by atoms with E-state index in [1.54, 1.807) is 12.1 Å². The first-order chi connectivity index (χ1) is 16.0. The van der Waals surface area contributed by atoms with Gasteiger partial charge in [0, 0.05) is 11.3 Å². The van der Waals surface area contributed by atoms with Crippen LogP contribution in [0.5, 0.6) is 5.75 Å². The molecule has 182 valence electrons. The van der Waals surface area contributed by atoms with Crippen molar-refractivity contribution in [2.75, 3.05) is 0 Å². The van der Waals surface area contributed by atoms with Gasteiger partial charge in [0.1, 0.15) is 18.0 Å². The van der Waals surface area contributed by atoms with Crippen LogP contribution in [0.3, 0.4) is 0 Å². The molecule has 0 saturated heterocycles. The minimum absolute atomic E-state index is 0.102. The minimum Gasteiger partial charge on any atom is -0.508 e. The summed E-state index contributed by atoms with van der Waals surface area (Å²) >= 11 is 0. The highest BCUT2D eigenvalue weighted by Crippen LogP contribution is 2.61. The van der Waals surface area contributed by atoms with Gasteiger partial charge in [-0.25, -0.2) is 18.4 Å². The highest BCUT2D eigenvalue weighted by atomic mass is 32.2. The molecule has 0 heterocycles. The van der Waals surface area contributed by atoms with Gasteiger partial charge in [0.2, 0.25) is 10.0 Å². The van der Waals surface area contributed by atoms with E-state index >= 15 is 0 Å². The number of sulfonamides is 1. The molecule has 3 unspecified atom stereocenters. The molecule has 2 aromatic rings. The topological polar surface area (TPSA) is 147 Å². The second-order valence-electron chi connectivity index (χ2n) is 10.1. The number of carbonyl (C=O) groups is 1. The minimum atomic E-state index is -3.89. The average Bonchev–Trinajstić information content (AvgIpc) is 2.99. The van der Waals surface area contributed by atoms with Gasteiger partial charge < -0.3 is 20.1 Å². The summed E-state index contributed by atoms with van der Waals surface area (Å²) in [6, 6.07) is 10.6. The molecule has 0 spiro atoms. The number of benzene rings is 2. The summed E-state index contributed by atoms with van der Waals surface area (Å²) in [4.78, 5) is 12.8. The molecular weight excluding hydrogens is 458 g/mol. The number of esters is 1. The summed E-state index contributed by atoms with van der Waals surface area (Å²) in [5.41, 5.74) is 1.83. The Bertz CT molecular complexity index is 1230. The van der Waals surface area contributed by atoms with E-state index in [1.807, 2.05) is 13.0 Å². The molecule has 3 aliphatic carbocycles. The highest BCUT2D eigenvalue weighted by Gasteiger charge is 2.64. The fraction of sp³-hybridized carbons (Fsp3) is 0.480. The fourth-order valence-corrected chi connectivity index (χ4v) is 7.22. The van der Waals surface area contributed by atoms with Crippen LogP contribution in [0.4, 0.5) is 0 Å². The predicted molar refractivity (Wildman–Crippen MR) is 123 cm³/mol. The van der Waals surface area contributed by atoms with Gasteiger partial charge in [-0.3, -0.25) is 0 Å². The summed E-state index contributed by atoms with van der Waals surface area (Å²) in [5.74, 6) is -0.402. The Labute approximate surface area is 198 Å². The quantitative estimate of drug-likeness (QED) is 0.485. The lowest BCUT2D eigenvalue weighted by Gasteiger charge is -2.50. The van der Waals surface area contributed by atoms with E-state index in [9.17, 15) is 28.5 Å². The summed E-state index contributed by atoms with van der Waals surface area (Å²) in [7, 11) is -3.89. The van der Waals surface area contributed by atoms with Gasteiger partial charge in [-0.1, -0.05) is 13.0 Å². The molecule has 2 aromatic carbocycles. The molecule has 0 bridgehead atoms. The van der Waals surface area contributed by atoms with E-state index in [0.717, 1.165) is 24.8 Å². The van der Waals surface area contributed by atoms with Crippen LogP contribution in [0.1, 0.15) is 53.6 Å². The standard InChI is InChI=1S/C25H29NO7S/c1-25-11-10-18-17-9-5-15(27)12-14(17)4-8-19(18)20(25)22(21(28)23(25)29)33-24(30)13-2-6-16(7-3-13)34(26,31)32/h2-3,5-7,9,12,18-23,27-29H,4,8,10-11H2,1H3,(H2,26,31,32)/t18?,19?,20?,21-,22-,23+,25+/m1/s1. The average molecular weight is 488 g/mol. The Morgan fingerprint density at radius 1 is 1.12 bits per heavy atom. The van der Waals surface area contributed by atoms with Crippen molar-refractivity contribution in [2.24, 2.45) is 22.4 Å². The van der Waals surface area contributed by atoms with Crippen molar-refractivity contribution < 1.29 is 33.3 Å². The van der Waals surface area contributed by atoms with Gasteiger partial charge in [-0.2, -0.15) is 0 Å². The largest absolute Gasteiger partial charge is 0.508 e. The number of aryl methyl sites for hydroxylation is 1. The third-order valence-electron chi connectivity index (χ3n) is 8.36. The number of phenols is 1. The van der Waals surface area contributed by atoms with Crippen LogP contribution in [0.25, 0.3) is 0 Å². The molecule has 5 rings (SSSR count). The van der Waals surface area contributed by atoms with E-state index in [0.29, 0.717) is 6.42 Å². The SMILES string of the molecule is C[C@]12CCC3c4ccc(O)cc4CCC3C1[C@@H](OC(=O)c1ccc(S(N)(=O)=O)cc1)[C@@H](O)[C@@H]2O. The molecular formula is C25H29NO7S. The maximum atomic E-state index is 13.0. The lowest BCUT2D eigenvalue weighted by molar-refractivity contribution is -0.0519. The van der Waals surface area contributed by atoms with Crippen molar-refractivity contribution in [3.05, 3.63) is 59.2 Å². The van der Waals surface area contributed by atoms with Crippen molar-refractivity contribution in [3.63, 3.8) is 0 Å². The number of carbonyl (C=O) groups excluding carboxylic acids is 1. The molecule has 0 aliphatic heterocycles. The number of nitrogens with two attached hydrogens (primary N) is 1. The Morgan fingerprint density at radius 2 is 1.82 bits per heavy atom. The second kappa shape index (κ2) is 8.05. The monoisotopic (exact) mass is 487 g/mol. The molecule has 2 saturated carbocycles. The van der Waals surface area contributed by atoms with Crippen LogP contribution in [-0.2, 0) is 21.2 Å². The van der Waals surface area contributed by atoms with Gasteiger partial charge in [0.25, 0.3) is 0 Å². The van der Waals surface area contributed by atoms with Gasteiger partial charge in [0.15, 0.2) is 0 Å². The summed E-state index contributed by atoms with van der Waals surface area (Å²) < 4.78 is 28.8. The van der Waals surface area contributed by atoms with Crippen LogP contribution < -0.4 is 5.14 Å². The zero-order valence-electron chi connectivity index (χ0n) is 18.8. The van der Waals surface area contributed by atoms with E-state index in [2.05, 4.69) is 0 Å². The van der Waals surface area contributed by atoms with E-state index in [4.69, 9.17) is 9.88 Å². The predicted octanol–water partition coefficient (Wildman–Crippen LogP) is 2.06. The number of hydrogen-bond acceptors (Lipinski definition) is 7. The number of phenolic OH excluding ortho intramolecular Hbond substituents is 1.